The van der Waals surface area contributed by atoms with Crippen LogP contribution in [0, 0.1) is 0 Å². The molecular weight excluding hydrogens is 290 g/mol. The lowest BCUT2D eigenvalue weighted by Crippen LogP contribution is -2.48. The van der Waals surface area contributed by atoms with Crippen LogP contribution in [0.2, 0.25) is 0 Å². The van der Waals surface area contributed by atoms with E-state index in [2.05, 4.69) is 28.5 Å². The summed E-state index contributed by atoms with van der Waals surface area (Å²) in [5, 5.41) is 5.39. The maximum atomic E-state index is 12.2. The van der Waals surface area contributed by atoms with Crippen LogP contribution in [-0.4, -0.2) is 30.6 Å². The number of para-hydroxylation sites is 1. The summed E-state index contributed by atoms with van der Waals surface area (Å²) >= 11 is 0. The summed E-state index contributed by atoms with van der Waals surface area (Å²) in [5.41, 5.74) is 2.36. The molecule has 1 aromatic carbocycles. The average molecular weight is 315 g/mol. The predicted molar refractivity (Wildman–Crippen MR) is 90.5 cm³/mol. The minimum absolute atomic E-state index is 0.211. The lowest BCUT2D eigenvalue weighted by molar-refractivity contribution is -0.118. The SMILES string of the molecule is CC1Cc2ccccc2N1CC(=O)NC(=O)NC1CCCCC1. The highest BCUT2D eigenvalue weighted by atomic mass is 16.2. The molecule has 0 radical (unpaired) electrons. The third-order valence-electron chi connectivity index (χ3n) is 4.86. The second kappa shape index (κ2) is 7.02. The van der Waals surface area contributed by atoms with E-state index in [1.165, 1.54) is 12.0 Å². The molecule has 3 amide bonds. The van der Waals surface area contributed by atoms with Crippen LogP contribution in [0.3, 0.4) is 0 Å². The molecule has 1 unspecified atom stereocenters. The first-order valence-corrected chi connectivity index (χ1v) is 8.58. The van der Waals surface area contributed by atoms with Crippen LogP contribution in [0.4, 0.5) is 10.5 Å². The maximum Gasteiger partial charge on any atom is 0.321 e. The summed E-state index contributed by atoms with van der Waals surface area (Å²) in [6.45, 7) is 2.33. The molecule has 1 aliphatic heterocycles. The second-order valence-corrected chi connectivity index (χ2v) is 6.67. The lowest BCUT2D eigenvalue weighted by Gasteiger charge is -2.25. The van der Waals surface area contributed by atoms with Crippen LogP contribution in [0.25, 0.3) is 0 Å². The Morgan fingerprint density at radius 1 is 1.17 bits per heavy atom. The van der Waals surface area contributed by atoms with Gasteiger partial charge in [-0.3, -0.25) is 10.1 Å². The van der Waals surface area contributed by atoms with Crippen LogP contribution in [-0.2, 0) is 11.2 Å². The molecule has 124 valence electrons. The van der Waals surface area contributed by atoms with Crippen molar-refractivity contribution in [3.8, 4) is 0 Å². The first-order chi connectivity index (χ1) is 11.1. The number of nitrogens with zero attached hydrogens (tertiary/aromatic N) is 1. The van der Waals surface area contributed by atoms with E-state index in [0.29, 0.717) is 0 Å². The summed E-state index contributed by atoms with van der Waals surface area (Å²) in [7, 11) is 0. The van der Waals surface area contributed by atoms with Gasteiger partial charge < -0.3 is 10.2 Å². The van der Waals surface area contributed by atoms with E-state index in [4.69, 9.17) is 0 Å². The molecule has 0 aromatic heterocycles. The number of anilines is 1. The van der Waals surface area contributed by atoms with Crippen molar-refractivity contribution in [1.29, 1.82) is 0 Å². The molecule has 5 heteroatoms. The normalized spacial score (nSPS) is 20.9. The number of hydrogen-bond donors (Lipinski definition) is 2. The van der Waals surface area contributed by atoms with Crippen molar-refractivity contribution in [3.05, 3.63) is 29.8 Å². The molecule has 5 nitrogen and oxygen atoms in total. The van der Waals surface area contributed by atoms with Gasteiger partial charge in [-0.1, -0.05) is 37.5 Å². The van der Waals surface area contributed by atoms with E-state index in [1.54, 1.807) is 0 Å². The van der Waals surface area contributed by atoms with Gasteiger partial charge >= 0.3 is 6.03 Å². The number of fused-ring (bicyclic) bond motifs is 1. The van der Waals surface area contributed by atoms with Crippen molar-refractivity contribution in [2.45, 2.75) is 57.5 Å². The molecule has 1 atom stereocenters. The Balaban J connectivity index is 1.52. The van der Waals surface area contributed by atoms with Gasteiger partial charge in [0.1, 0.15) is 0 Å². The number of amides is 3. The predicted octanol–water partition coefficient (Wildman–Crippen LogP) is 2.60. The zero-order valence-corrected chi connectivity index (χ0v) is 13.7. The van der Waals surface area contributed by atoms with E-state index in [1.807, 2.05) is 18.2 Å². The molecule has 0 saturated heterocycles. The van der Waals surface area contributed by atoms with Gasteiger partial charge in [0.2, 0.25) is 5.91 Å². The van der Waals surface area contributed by atoms with Crippen molar-refractivity contribution in [2.75, 3.05) is 11.4 Å². The monoisotopic (exact) mass is 315 g/mol. The van der Waals surface area contributed by atoms with E-state index in [-0.39, 0.29) is 30.6 Å². The molecule has 0 spiro atoms. The van der Waals surface area contributed by atoms with Crippen molar-refractivity contribution in [1.82, 2.24) is 10.6 Å². The quantitative estimate of drug-likeness (QED) is 0.901. The number of benzene rings is 1. The number of imide groups is 1. The van der Waals surface area contributed by atoms with Gasteiger partial charge in [0, 0.05) is 17.8 Å². The summed E-state index contributed by atoms with van der Waals surface area (Å²) in [5.74, 6) is -0.248. The topological polar surface area (TPSA) is 61.4 Å². The Kier molecular flexibility index (Phi) is 4.84. The molecule has 23 heavy (non-hydrogen) atoms. The second-order valence-electron chi connectivity index (χ2n) is 6.67. The number of rotatable bonds is 3. The summed E-state index contributed by atoms with van der Waals surface area (Å²) in [6, 6.07) is 8.27. The fourth-order valence-electron chi connectivity index (χ4n) is 3.66. The molecule has 2 N–H and O–H groups in total. The number of carbonyl (C=O) groups excluding carboxylic acids is 2. The molecule has 3 rings (SSSR count). The highest BCUT2D eigenvalue weighted by molar-refractivity contribution is 5.96. The van der Waals surface area contributed by atoms with E-state index in [9.17, 15) is 9.59 Å². The standard InChI is InChI=1S/C18H25N3O2/c1-13-11-14-7-5-6-10-16(14)21(13)12-17(22)20-18(23)19-15-8-3-2-4-9-15/h5-7,10,13,15H,2-4,8-9,11-12H2,1H3,(H2,19,20,22,23). The first kappa shape index (κ1) is 15.8. The molecule has 2 aliphatic rings. The van der Waals surface area contributed by atoms with Crippen molar-refractivity contribution in [3.63, 3.8) is 0 Å². The van der Waals surface area contributed by atoms with Crippen LogP contribution in [0.1, 0.15) is 44.6 Å². The number of urea groups is 1. The van der Waals surface area contributed by atoms with Gasteiger partial charge in [-0.15, -0.1) is 0 Å². The minimum Gasteiger partial charge on any atom is -0.359 e. The summed E-state index contributed by atoms with van der Waals surface area (Å²) in [6.07, 6.45) is 6.51. The van der Waals surface area contributed by atoms with Crippen LogP contribution in [0.15, 0.2) is 24.3 Å². The van der Waals surface area contributed by atoms with Crippen LogP contribution >= 0.6 is 0 Å². The van der Waals surface area contributed by atoms with E-state index in [0.717, 1.165) is 37.8 Å². The third-order valence-corrected chi connectivity index (χ3v) is 4.86. The van der Waals surface area contributed by atoms with Gasteiger partial charge in [0.25, 0.3) is 0 Å². The molecule has 1 aliphatic carbocycles. The molecule has 1 heterocycles. The van der Waals surface area contributed by atoms with Gasteiger partial charge in [-0.25, -0.2) is 4.79 Å². The highest BCUT2D eigenvalue weighted by Crippen LogP contribution is 2.31. The molecule has 1 aromatic rings. The van der Waals surface area contributed by atoms with Gasteiger partial charge in [-0.2, -0.15) is 0 Å². The van der Waals surface area contributed by atoms with Crippen LogP contribution in [0.5, 0.6) is 0 Å². The van der Waals surface area contributed by atoms with Crippen molar-refractivity contribution < 1.29 is 9.59 Å². The van der Waals surface area contributed by atoms with Crippen molar-refractivity contribution >= 4 is 17.6 Å². The smallest absolute Gasteiger partial charge is 0.321 e. The average Bonchev–Trinajstić information content (AvgIpc) is 2.84. The largest absolute Gasteiger partial charge is 0.359 e. The molecular formula is C18H25N3O2. The Labute approximate surface area is 137 Å². The van der Waals surface area contributed by atoms with Crippen LogP contribution < -0.4 is 15.5 Å². The zero-order valence-electron chi connectivity index (χ0n) is 13.7. The number of nitrogens with one attached hydrogen (secondary N) is 2. The fraction of sp³-hybridized carbons (Fsp3) is 0.556. The van der Waals surface area contributed by atoms with E-state index < -0.39 is 0 Å². The molecule has 1 saturated carbocycles. The van der Waals surface area contributed by atoms with E-state index >= 15 is 0 Å². The van der Waals surface area contributed by atoms with Gasteiger partial charge in [-0.05, 0) is 37.8 Å². The fourth-order valence-corrected chi connectivity index (χ4v) is 3.66. The Hall–Kier alpha value is -2.04. The first-order valence-electron chi connectivity index (χ1n) is 8.58. The zero-order chi connectivity index (χ0) is 16.2. The number of hydrogen-bond acceptors (Lipinski definition) is 3. The third kappa shape index (κ3) is 3.84. The lowest BCUT2D eigenvalue weighted by atomic mass is 9.96. The van der Waals surface area contributed by atoms with Crippen molar-refractivity contribution in [2.24, 2.45) is 0 Å². The minimum atomic E-state index is -0.359. The Morgan fingerprint density at radius 2 is 1.91 bits per heavy atom. The van der Waals surface area contributed by atoms with Gasteiger partial charge in [0.05, 0.1) is 6.54 Å². The maximum absolute atomic E-state index is 12.2. The Morgan fingerprint density at radius 3 is 2.70 bits per heavy atom. The summed E-state index contributed by atoms with van der Waals surface area (Å²) < 4.78 is 0. The Bertz CT molecular complexity index is 581. The summed E-state index contributed by atoms with van der Waals surface area (Å²) in [4.78, 5) is 26.2. The highest BCUT2D eigenvalue weighted by Gasteiger charge is 2.27. The number of carbonyl (C=O) groups is 2. The molecule has 1 fully saturated rings. The molecule has 0 bridgehead atoms. The van der Waals surface area contributed by atoms with Gasteiger partial charge in [0.15, 0.2) is 0 Å².